The summed E-state index contributed by atoms with van der Waals surface area (Å²) in [6.45, 7) is 7.39. The maximum Gasteiger partial charge on any atom is 0.412 e. The molecule has 1 saturated carbocycles. The Bertz CT molecular complexity index is 1050. The van der Waals surface area contributed by atoms with Crippen LogP contribution in [0.5, 0.6) is 11.6 Å². The van der Waals surface area contributed by atoms with Crippen molar-refractivity contribution in [2.45, 2.75) is 52.2 Å². The Morgan fingerprint density at radius 3 is 2.76 bits per heavy atom. The quantitative estimate of drug-likeness (QED) is 0.648. The summed E-state index contributed by atoms with van der Waals surface area (Å²) in [6.07, 6.45) is 7.19. The van der Waals surface area contributed by atoms with Crippen molar-refractivity contribution in [3.63, 3.8) is 0 Å². The second-order valence-electron chi connectivity index (χ2n) is 8.21. The van der Waals surface area contributed by atoms with E-state index in [1.54, 1.807) is 24.5 Å². The Balaban J connectivity index is 1.51. The average molecular weight is 395 g/mol. The summed E-state index contributed by atoms with van der Waals surface area (Å²) in [5.74, 6) is 1.84. The lowest BCUT2D eigenvalue weighted by Crippen LogP contribution is -2.27. The maximum atomic E-state index is 12.0. The van der Waals surface area contributed by atoms with Gasteiger partial charge in [-0.15, -0.1) is 0 Å². The average Bonchev–Trinajstić information content (AvgIpc) is 3.29. The van der Waals surface area contributed by atoms with Gasteiger partial charge in [-0.2, -0.15) is 4.98 Å². The predicted molar refractivity (Wildman–Crippen MR) is 111 cm³/mol. The molecule has 2 heterocycles. The summed E-state index contributed by atoms with van der Waals surface area (Å²) < 4.78 is 13.2. The minimum absolute atomic E-state index is 0.457. The van der Waals surface area contributed by atoms with Crippen molar-refractivity contribution < 1.29 is 14.3 Å². The van der Waals surface area contributed by atoms with Crippen LogP contribution in [0.1, 0.15) is 39.2 Å². The van der Waals surface area contributed by atoms with Crippen LogP contribution >= 0.6 is 0 Å². The fourth-order valence-electron chi connectivity index (χ4n) is 2.85. The van der Waals surface area contributed by atoms with E-state index in [0.717, 1.165) is 29.9 Å². The molecule has 1 amide bonds. The topological polar surface area (TPSA) is 89.8 Å². The predicted octanol–water partition coefficient (Wildman–Crippen LogP) is 4.75. The summed E-state index contributed by atoms with van der Waals surface area (Å²) >= 11 is 0. The highest BCUT2D eigenvalue weighted by atomic mass is 16.6. The number of hydrogen-bond acceptors (Lipinski definition) is 6. The third-order valence-electron chi connectivity index (χ3n) is 4.30. The van der Waals surface area contributed by atoms with E-state index >= 15 is 0 Å². The molecule has 3 aromatic rings. The molecule has 0 unspecified atom stereocenters. The third kappa shape index (κ3) is 4.77. The molecule has 0 aliphatic heterocycles. The Morgan fingerprint density at radius 1 is 1.28 bits per heavy atom. The number of carbonyl (C=O) groups excluding carboxylic acids is 1. The Labute approximate surface area is 169 Å². The minimum Gasteiger partial charge on any atom is -0.444 e. The van der Waals surface area contributed by atoms with Crippen molar-refractivity contribution in [1.82, 2.24) is 14.4 Å². The summed E-state index contributed by atoms with van der Waals surface area (Å²) in [4.78, 5) is 20.9. The van der Waals surface area contributed by atoms with E-state index in [-0.39, 0.29) is 0 Å². The van der Waals surface area contributed by atoms with Crippen LogP contribution in [0.15, 0.2) is 36.8 Å². The third-order valence-corrected chi connectivity index (χ3v) is 4.30. The highest BCUT2D eigenvalue weighted by molar-refractivity contribution is 5.85. The van der Waals surface area contributed by atoms with Gasteiger partial charge < -0.3 is 14.8 Å². The molecular formula is C21H25N5O3. The molecule has 1 fully saturated rings. The number of aromatic nitrogens is 3. The number of fused-ring (bicyclic) bond motifs is 1. The molecule has 2 aromatic heterocycles. The van der Waals surface area contributed by atoms with Crippen LogP contribution in [0.4, 0.5) is 16.3 Å². The lowest BCUT2D eigenvalue weighted by atomic mass is 10.2. The number of amides is 1. The molecular weight excluding hydrogens is 370 g/mol. The number of aryl methyl sites for hydroxylation is 1. The van der Waals surface area contributed by atoms with Crippen LogP contribution < -0.4 is 15.4 Å². The smallest absolute Gasteiger partial charge is 0.412 e. The van der Waals surface area contributed by atoms with Gasteiger partial charge in [0.25, 0.3) is 0 Å². The number of rotatable bonds is 5. The van der Waals surface area contributed by atoms with Crippen LogP contribution in [0, 0.1) is 6.92 Å². The minimum atomic E-state index is -0.550. The highest BCUT2D eigenvalue weighted by Gasteiger charge is 2.23. The van der Waals surface area contributed by atoms with E-state index in [4.69, 9.17) is 9.47 Å². The normalized spacial score (nSPS) is 13.9. The van der Waals surface area contributed by atoms with Crippen molar-refractivity contribution in [3.8, 4) is 11.6 Å². The molecule has 8 nitrogen and oxygen atoms in total. The molecule has 0 bridgehead atoms. The van der Waals surface area contributed by atoms with Gasteiger partial charge in [0.05, 0.1) is 6.20 Å². The van der Waals surface area contributed by atoms with Gasteiger partial charge in [-0.25, -0.2) is 9.78 Å². The molecule has 1 aliphatic rings. The van der Waals surface area contributed by atoms with Crippen LogP contribution in [0.2, 0.25) is 0 Å². The van der Waals surface area contributed by atoms with E-state index in [2.05, 4.69) is 20.6 Å². The molecule has 0 spiro atoms. The van der Waals surface area contributed by atoms with Gasteiger partial charge in [0.1, 0.15) is 11.4 Å². The van der Waals surface area contributed by atoms with Crippen molar-refractivity contribution in [3.05, 3.63) is 42.4 Å². The fraction of sp³-hybridized carbons (Fsp3) is 0.381. The van der Waals surface area contributed by atoms with E-state index in [0.29, 0.717) is 23.4 Å². The second-order valence-corrected chi connectivity index (χ2v) is 8.21. The van der Waals surface area contributed by atoms with Crippen molar-refractivity contribution >= 4 is 23.2 Å². The van der Waals surface area contributed by atoms with Gasteiger partial charge in [0.2, 0.25) is 5.88 Å². The molecule has 8 heteroatoms. The first-order valence-electron chi connectivity index (χ1n) is 9.65. The largest absolute Gasteiger partial charge is 0.444 e. The first-order chi connectivity index (χ1) is 13.8. The van der Waals surface area contributed by atoms with E-state index in [1.807, 2.05) is 44.4 Å². The first kappa shape index (κ1) is 19.0. The van der Waals surface area contributed by atoms with E-state index in [9.17, 15) is 4.79 Å². The zero-order valence-electron chi connectivity index (χ0n) is 17.0. The SMILES string of the molecule is Cc1cc(NC(=O)OC(C)(C)C)ccc1Oc1cn2ccnc2c(NC2CC2)n1. The molecule has 4 rings (SSSR count). The fourth-order valence-corrected chi connectivity index (χ4v) is 2.85. The second kappa shape index (κ2) is 7.27. The lowest BCUT2D eigenvalue weighted by Gasteiger charge is -2.20. The van der Waals surface area contributed by atoms with Crippen LogP contribution in [-0.2, 0) is 4.74 Å². The number of benzene rings is 1. The monoisotopic (exact) mass is 395 g/mol. The highest BCUT2D eigenvalue weighted by Crippen LogP contribution is 2.30. The zero-order chi connectivity index (χ0) is 20.6. The first-order valence-corrected chi connectivity index (χ1v) is 9.65. The molecule has 2 N–H and O–H groups in total. The molecule has 29 heavy (non-hydrogen) atoms. The number of imidazole rings is 1. The van der Waals surface area contributed by atoms with Crippen LogP contribution in [0.3, 0.4) is 0 Å². The molecule has 1 aliphatic carbocycles. The number of ether oxygens (including phenoxy) is 2. The summed E-state index contributed by atoms with van der Waals surface area (Å²) in [7, 11) is 0. The van der Waals surface area contributed by atoms with Crippen LogP contribution in [0.25, 0.3) is 5.65 Å². The van der Waals surface area contributed by atoms with Gasteiger partial charge in [-0.05, 0) is 64.3 Å². The Morgan fingerprint density at radius 2 is 2.07 bits per heavy atom. The zero-order valence-corrected chi connectivity index (χ0v) is 17.0. The number of anilines is 2. The molecule has 0 saturated heterocycles. The van der Waals surface area contributed by atoms with Gasteiger partial charge in [0.15, 0.2) is 11.5 Å². The van der Waals surface area contributed by atoms with Gasteiger partial charge in [0, 0.05) is 24.1 Å². The van der Waals surface area contributed by atoms with E-state index < -0.39 is 11.7 Å². The molecule has 152 valence electrons. The Kier molecular flexibility index (Phi) is 4.77. The summed E-state index contributed by atoms with van der Waals surface area (Å²) in [6, 6.07) is 5.86. The van der Waals surface area contributed by atoms with Crippen LogP contribution in [-0.4, -0.2) is 32.1 Å². The van der Waals surface area contributed by atoms with E-state index in [1.165, 1.54) is 0 Å². The number of carbonyl (C=O) groups is 1. The van der Waals surface area contributed by atoms with Gasteiger partial charge >= 0.3 is 6.09 Å². The summed E-state index contributed by atoms with van der Waals surface area (Å²) in [5, 5.41) is 6.13. The van der Waals surface area contributed by atoms with Crippen molar-refractivity contribution in [1.29, 1.82) is 0 Å². The lowest BCUT2D eigenvalue weighted by molar-refractivity contribution is 0.0636. The maximum absolute atomic E-state index is 12.0. The van der Waals surface area contributed by atoms with Crippen molar-refractivity contribution in [2.24, 2.45) is 0 Å². The number of hydrogen-bond donors (Lipinski definition) is 2. The molecule has 0 atom stereocenters. The van der Waals surface area contributed by atoms with Gasteiger partial charge in [-0.3, -0.25) is 9.72 Å². The Hall–Kier alpha value is -3.29. The standard InChI is InChI=1S/C21H25N5O3/c1-13-11-15(24-20(27)29-21(2,3)4)7-8-16(13)28-17-12-26-10-9-22-19(26)18(25-17)23-14-5-6-14/h7-12,14H,5-6H2,1-4H3,(H,23,25)(H,24,27). The molecule has 0 radical (unpaired) electrons. The molecule has 1 aromatic carbocycles. The van der Waals surface area contributed by atoms with Crippen molar-refractivity contribution in [2.75, 3.05) is 10.6 Å². The summed E-state index contributed by atoms with van der Waals surface area (Å²) in [5.41, 5.74) is 1.73. The number of nitrogens with one attached hydrogen (secondary N) is 2. The van der Waals surface area contributed by atoms with Gasteiger partial charge in [-0.1, -0.05) is 0 Å². The number of nitrogens with zero attached hydrogens (tertiary/aromatic N) is 3.